The lowest BCUT2D eigenvalue weighted by Gasteiger charge is -2.25. The van der Waals surface area contributed by atoms with E-state index in [0.717, 1.165) is 47.5 Å². The van der Waals surface area contributed by atoms with Crippen LogP contribution in [0.3, 0.4) is 0 Å². The van der Waals surface area contributed by atoms with Gasteiger partial charge < -0.3 is 10.3 Å². The third-order valence-corrected chi connectivity index (χ3v) is 6.53. The topological polar surface area (TPSA) is 70.9 Å². The second-order valence-electron chi connectivity index (χ2n) is 8.97. The average molecular weight is 423 g/mol. The molecule has 6 rings (SSSR count). The quantitative estimate of drug-likeness (QED) is 0.409. The number of nitrogens with zero attached hydrogens (tertiary/aromatic N) is 4. The minimum Gasteiger partial charge on any atom is -0.367 e. The number of aromatic amines is 1. The molecule has 5 aromatic rings. The van der Waals surface area contributed by atoms with E-state index >= 15 is 0 Å². The first kappa shape index (κ1) is 19.0. The van der Waals surface area contributed by atoms with Gasteiger partial charge in [0.1, 0.15) is 5.82 Å². The number of para-hydroxylation sites is 1. The van der Waals surface area contributed by atoms with Crippen LogP contribution in [-0.2, 0) is 12.8 Å². The van der Waals surface area contributed by atoms with E-state index in [4.69, 9.17) is 10.1 Å². The number of anilines is 1. The van der Waals surface area contributed by atoms with Gasteiger partial charge in [-0.25, -0.2) is 4.98 Å². The normalized spacial score (nSPS) is 16.0. The fraction of sp³-hybridized carbons (Fsp3) is 0.269. The van der Waals surface area contributed by atoms with Crippen molar-refractivity contribution in [3.05, 3.63) is 77.9 Å². The summed E-state index contributed by atoms with van der Waals surface area (Å²) in [6.07, 6.45) is 8.71. The zero-order valence-corrected chi connectivity index (χ0v) is 18.3. The van der Waals surface area contributed by atoms with E-state index in [2.05, 4.69) is 65.5 Å². The summed E-state index contributed by atoms with van der Waals surface area (Å²) in [4.78, 5) is 12.9. The number of nitrogens with one attached hydrogen (secondary N) is 2. The molecule has 6 nitrogen and oxygen atoms in total. The van der Waals surface area contributed by atoms with E-state index in [1.54, 1.807) is 6.20 Å². The van der Waals surface area contributed by atoms with Gasteiger partial charge in [0, 0.05) is 52.2 Å². The van der Waals surface area contributed by atoms with E-state index in [-0.39, 0.29) is 0 Å². The molecule has 0 bridgehead atoms. The minimum absolute atomic E-state index is 0.334. The van der Waals surface area contributed by atoms with Crippen molar-refractivity contribution >= 4 is 22.4 Å². The summed E-state index contributed by atoms with van der Waals surface area (Å²) in [6.45, 7) is 4.37. The summed E-state index contributed by atoms with van der Waals surface area (Å²) in [5.41, 5.74) is 8.04. The van der Waals surface area contributed by atoms with Gasteiger partial charge in [-0.15, -0.1) is 0 Å². The molecule has 32 heavy (non-hydrogen) atoms. The third kappa shape index (κ3) is 3.14. The Morgan fingerprint density at radius 3 is 2.88 bits per heavy atom. The first-order valence-electron chi connectivity index (χ1n) is 11.3. The Balaban J connectivity index is 1.41. The highest BCUT2D eigenvalue weighted by Gasteiger charge is 2.24. The molecule has 0 unspecified atom stereocenters. The van der Waals surface area contributed by atoms with Crippen molar-refractivity contribution in [3.8, 4) is 11.3 Å². The summed E-state index contributed by atoms with van der Waals surface area (Å²) in [7, 11) is 0. The van der Waals surface area contributed by atoms with E-state index in [1.807, 2.05) is 23.0 Å². The van der Waals surface area contributed by atoms with Crippen molar-refractivity contribution < 1.29 is 0 Å². The number of fused-ring (bicyclic) bond motifs is 4. The average Bonchev–Trinajstić information content (AvgIpc) is 3.41. The van der Waals surface area contributed by atoms with Crippen molar-refractivity contribution in [1.82, 2.24) is 24.6 Å². The van der Waals surface area contributed by atoms with E-state index < -0.39 is 0 Å². The predicted octanol–water partition coefficient (Wildman–Crippen LogP) is 5.37. The first-order chi connectivity index (χ1) is 15.7. The monoisotopic (exact) mass is 422 g/mol. The molecule has 1 aromatic carbocycles. The maximum absolute atomic E-state index is 4.96. The molecule has 0 radical (unpaired) electrons. The molecule has 1 atom stereocenters. The van der Waals surface area contributed by atoms with Crippen LogP contribution < -0.4 is 5.32 Å². The zero-order chi connectivity index (χ0) is 21.7. The molecule has 2 N–H and O–H groups in total. The van der Waals surface area contributed by atoms with E-state index in [0.29, 0.717) is 12.0 Å². The molecule has 0 saturated carbocycles. The van der Waals surface area contributed by atoms with Gasteiger partial charge in [-0.2, -0.15) is 9.61 Å². The van der Waals surface area contributed by atoms with E-state index in [1.165, 1.54) is 22.2 Å². The van der Waals surface area contributed by atoms with Crippen molar-refractivity contribution in [2.24, 2.45) is 0 Å². The maximum atomic E-state index is 4.96. The highest BCUT2D eigenvalue weighted by atomic mass is 15.3. The van der Waals surface area contributed by atoms with Crippen LogP contribution in [0.1, 0.15) is 43.0 Å². The number of benzene rings is 1. The van der Waals surface area contributed by atoms with Crippen LogP contribution in [0.25, 0.3) is 27.8 Å². The lowest BCUT2D eigenvalue weighted by Crippen LogP contribution is -2.28. The van der Waals surface area contributed by atoms with Crippen molar-refractivity contribution in [2.45, 2.75) is 45.1 Å². The predicted molar refractivity (Wildman–Crippen MR) is 128 cm³/mol. The van der Waals surface area contributed by atoms with Crippen LogP contribution >= 0.6 is 0 Å². The Morgan fingerprint density at radius 2 is 2.03 bits per heavy atom. The minimum atomic E-state index is 0.334. The molecule has 0 saturated heterocycles. The van der Waals surface area contributed by atoms with Crippen LogP contribution in [0.15, 0.2) is 61.1 Å². The number of aromatic nitrogens is 5. The molecule has 1 aliphatic carbocycles. The zero-order valence-electron chi connectivity index (χ0n) is 18.3. The number of aryl methyl sites for hydroxylation is 1. The van der Waals surface area contributed by atoms with Gasteiger partial charge >= 0.3 is 0 Å². The SMILES string of the molecule is CC(C)c1cnn2c(N[C@@H]3CCc4[nH]c5ccccc5c4C3)cc(-c3cccnc3)nc12. The molecular formula is C26H26N6. The molecule has 160 valence electrons. The number of H-pyrrole nitrogens is 1. The summed E-state index contributed by atoms with van der Waals surface area (Å²) < 4.78 is 1.96. The fourth-order valence-corrected chi connectivity index (χ4v) is 4.85. The lowest BCUT2D eigenvalue weighted by atomic mass is 9.91. The molecule has 0 fully saturated rings. The third-order valence-electron chi connectivity index (χ3n) is 6.53. The highest BCUT2D eigenvalue weighted by Crippen LogP contribution is 2.32. The van der Waals surface area contributed by atoms with Crippen LogP contribution in [0.4, 0.5) is 5.82 Å². The van der Waals surface area contributed by atoms with Gasteiger partial charge in [0.05, 0.1) is 11.9 Å². The Kier molecular flexibility index (Phi) is 4.45. The van der Waals surface area contributed by atoms with Crippen LogP contribution in [0.5, 0.6) is 0 Å². The van der Waals surface area contributed by atoms with Gasteiger partial charge in [0.2, 0.25) is 0 Å². The molecule has 6 heteroatoms. The van der Waals surface area contributed by atoms with Crippen molar-refractivity contribution in [3.63, 3.8) is 0 Å². The van der Waals surface area contributed by atoms with Gasteiger partial charge in [0.15, 0.2) is 5.65 Å². The number of hydrogen-bond acceptors (Lipinski definition) is 4. The summed E-state index contributed by atoms with van der Waals surface area (Å²) in [5.74, 6) is 1.33. The van der Waals surface area contributed by atoms with E-state index in [9.17, 15) is 0 Å². The Morgan fingerprint density at radius 1 is 1.12 bits per heavy atom. The number of pyridine rings is 1. The maximum Gasteiger partial charge on any atom is 0.161 e. The highest BCUT2D eigenvalue weighted by molar-refractivity contribution is 5.85. The van der Waals surface area contributed by atoms with Gasteiger partial charge in [-0.1, -0.05) is 32.0 Å². The Hall–Kier alpha value is -3.67. The lowest BCUT2D eigenvalue weighted by molar-refractivity contribution is 0.603. The molecule has 1 aliphatic rings. The number of rotatable bonds is 4. The smallest absolute Gasteiger partial charge is 0.161 e. The fourth-order valence-electron chi connectivity index (χ4n) is 4.85. The Bertz CT molecular complexity index is 1410. The van der Waals surface area contributed by atoms with Crippen LogP contribution in [-0.4, -0.2) is 30.6 Å². The number of hydrogen-bond donors (Lipinski definition) is 2. The van der Waals surface area contributed by atoms with Crippen LogP contribution in [0.2, 0.25) is 0 Å². The summed E-state index contributed by atoms with van der Waals surface area (Å²) >= 11 is 0. The second-order valence-corrected chi connectivity index (χ2v) is 8.97. The van der Waals surface area contributed by atoms with Crippen molar-refractivity contribution in [1.29, 1.82) is 0 Å². The standard InChI is InChI=1S/C26H26N6/c1-16(2)21-15-28-32-25(13-24(31-26(21)32)17-6-5-11-27-14-17)29-18-9-10-23-20(12-18)19-7-3-4-8-22(19)30-23/h3-8,11,13-16,18,29-30H,9-10,12H2,1-2H3/t18-/m1/s1. The molecule has 0 amide bonds. The molecule has 0 spiro atoms. The second kappa shape index (κ2) is 7.48. The van der Waals surface area contributed by atoms with Crippen LogP contribution in [0, 0.1) is 0 Å². The van der Waals surface area contributed by atoms with Gasteiger partial charge in [-0.05, 0) is 48.9 Å². The van der Waals surface area contributed by atoms with Gasteiger partial charge in [0.25, 0.3) is 0 Å². The van der Waals surface area contributed by atoms with Gasteiger partial charge in [-0.3, -0.25) is 4.98 Å². The van der Waals surface area contributed by atoms with Crippen molar-refractivity contribution in [2.75, 3.05) is 5.32 Å². The molecule has 0 aliphatic heterocycles. The molecular weight excluding hydrogens is 396 g/mol. The summed E-state index contributed by atoms with van der Waals surface area (Å²) in [6, 6.07) is 15.1. The summed E-state index contributed by atoms with van der Waals surface area (Å²) in [5, 5.41) is 9.84. The molecule has 4 aromatic heterocycles. The molecule has 4 heterocycles. The largest absolute Gasteiger partial charge is 0.367 e. The Labute approximate surface area is 186 Å². The first-order valence-corrected chi connectivity index (χ1v) is 11.3.